The van der Waals surface area contributed by atoms with Crippen molar-refractivity contribution in [3.63, 3.8) is 0 Å². The molecular weight excluding hydrogens is 199 g/mol. The molecule has 0 bridgehead atoms. The first-order chi connectivity index (χ1) is 7.36. The summed E-state index contributed by atoms with van der Waals surface area (Å²) in [5.41, 5.74) is 1.32. The number of rotatable bonds is 1. The van der Waals surface area contributed by atoms with Gasteiger partial charge in [-0.3, -0.25) is 4.57 Å². The lowest BCUT2D eigenvalue weighted by atomic mass is 10.5. The highest BCUT2D eigenvalue weighted by Crippen LogP contribution is 2.16. The van der Waals surface area contributed by atoms with Crippen LogP contribution >= 0.6 is 0 Å². The third-order valence-electron chi connectivity index (χ3n) is 2.07. The summed E-state index contributed by atoms with van der Waals surface area (Å²) in [6.45, 7) is 0. The van der Waals surface area contributed by atoms with Crippen LogP contribution < -0.4 is 0 Å². The second-order valence-electron chi connectivity index (χ2n) is 2.93. The minimum Gasteiger partial charge on any atom is -0.470 e. The largest absolute Gasteiger partial charge is 0.470 e. The lowest BCUT2D eigenvalue weighted by Gasteiger charge is -1.97. The topological polar surface area (TPSA) is 56.7 Å². The van der Waals surface area contributed by atoms with Crippen LogP contribution in [0, 0.1) is 5.95 Å². The Labute approximate surface area is 83.2 Å². The molecular formula is C9H5FN4O. The summed E-state index contributed by atoms with van der Waals surface area (Å²) < 4.78 is 19.8. The number of hydrogen-bond acceptors (Lipinski definition) is 4. The third kappa shape index (κ3) is 1.11. The highest BCUT2D eigenvalue weighted by atomic mass is 19.1. The number of hydrogen-bond donors (Lipinski definition) is 0. The maximum absolute atomic E-state index is 13.2. The van der Waals surface area contributed by atoms with Crippen molar-refractivity contribution in [1.82, 2.24) is 19.5 Å². The standard InChI is InChI=1S/C9H5FN4O/c10-8-7-9(12-4-11-8)14(5-13-7)6-1-2-15-3-6/h1-5H. The molecule has 0 aliphatic rings. The molecule has 0 saturated heterocycles. The highest BCUT2D eigenvalue weighted by molar-refractivity contribution is 5.72. The molecule has 0 amide bonds. The van der Waals surface area contributed by atoms with E-state index in [2.05, 4.69) is 15.0 Å². The molecule has 0 fully saturated rings. The van der Waals surface area contributed by atoms with Gasteiger partial charge in [-0.15, -0.1) is 0 Å². The van der Waals surface area contributed by atoms with Gasteiger partial charge in [0.05, 0.1) is 12.0 Å². The molecule has 0 aliphatic heterocycles. The van der Waals surface area contributed by atoms with Gasteiger partial charge in [-0.2, -0.15) is 4.39 Å². The van der Waals surface area contributed by atoms with Crippen LogP contribution in [0.25, 0.3) is 16.9 Å². The molecule has 74 valence electrons. The van der Waals surface area contributed by atoms with Crippen molar-refractivity contribution < 1.29 is 8.81 Å². The molecule has 0 aliphatic carbocycles. The van der Waals surface area contributed by atoms with Crippen LogP contribution in [0.3, 0.4) is 0 Å². The Morgan fingerprint density at radius 3 is 3.00 bits per heavy atom. The molecule has 0 aromatic carbocycles. The van der Waals surface area contributed by atoms with Gasteiger partial charge in [0.2, 0.25) is 5.95 Å². The average molecular weight is 204 g/mol. The summed E-state index contributed by atoms with van der Waals surface area (Å²) in [4.78, 5) is 11.3. The smallest absolute Gasteiger partial charge is 0.244 e. The molecule has 6 heteroatoms. The van der Waals surface area contributed by atoms with E-state index >= 15 is 0 Å². The molecule has 0 spiro atoms. The van der Waals surface area contributed by atoms with E-state index < -0.39 is 5.95 Å². The predicted octanol–water partition coefficient (Wildman–Crippen LogP) is 1.55. The van der Waals surface area contributed by atoms with E-state index in [1.54, 1.807) is 10.6 Å². The van der Waals surface area contributed by atoms with Crippen molar-refractivity contribution in [3.8, 4) is 5.69 Å². The van der Waals surface area contributed by atoms with Crippen molar-refractivity contribution in [3.05, 3.63) is 37.2 Å². The van der Waals surface area contributed by atoms with Crippen molar-refractivity contribution >= 4 is 11.2 Å². The normalized spacial score (nSPS) is 11.0. The van der Waals surface area contributed by atoms with Crippen LogP contribution in [0.15, 0.2) is 35.7 Å². The second-order valence-corrected chi connectivity index (χ2v) is 2.93. The molecule has 0 unspecified atom stereocenters. The zero-order valence-electron chi connectivity index (χ0n) is 7.46. The maximum atomic E-state index is 13.2. The number of halogens is 1. The molecule has 5 nitrogen and oxygen atoms in total. The predicted molar refractivity (Wildman–Crippen MR) is 48.9 cm³/mol. The maximum Gasteiger partial charge on any atom is 0.244 e. The first kappa shape index (κ1) is 8.10. The van der Waals surface area contributed by atoms with Crippen LogP contribution in [0.2, 0.25) is 0 Å². The van der Waals surface area contributed by atoms with E-state index in [1.807, 2.05) is 0 Å². The highest BCUT2D eigenvalue weighted by Gasteiger charge is 2.10. The number of nitrogens with zero attached hydrogens (tertiary/aromatic N) is 4. The Kier molecular flexibility index (Phi) is 1.55. The SMILES string of the molecule is Fc1ncnc2c1ncn2-c1ccoc1. The van der Waals surface area contributed by atoms with Gasteiger partial charge >= 0.3 is 0 Å². The summed E-state index contributed by atoms with van der Waals surface area (Å²) in [5, 5.41) is 0. The van der Waals surface area contributed by atoms with Gasteiger partial charge in [-0.05, 0) is 0 Å². The van der Waals surface area contributed by atoms with Gasteiger partial charge in [0, 0.05) is 6.07 Å². The van der Waals surface area contributed by atoms with Crippen molar-refractivity contribution in [2.45, 2.75) is 0 Å². The van der Waals surface area contributed by atoms with E-state index in [-0.39, 0.29) is 5.52 Å². The average Bonchev–Trinajstić information content (AvgIpc) is 2.85. The Bertz CT molecular complexity index is 602. The summed E-state index contributed by atoms with van der Waals surface area (Å²) in [6.07, 6.45) is 5.70. The first-order valence-corrected chi connectivity index (χ1v) is 4.22. The second kappa shape index (κ2) is 2.88. The Balaban J connectivity index is 2.34. The lowest BCUT2D eigenvalue weighted by Crippen LogP contribution is -1.93. The molecule has 3 aromatic rings. The van der Waals surface area contributed by atoms with E-state index in [0.29, 0.717) is 5.65 Å². The van der Waals surface area contributed by atoms with Crippen LogP contribution in [0.5, 0.6) is 0 Å². The fraction of sp³-hybridized carbons (Fsp3) is 0. The zero-order valence-corrected chi connectivity index (χ0v) is 7.46. The number of furan rings is 1. The van der Waals surface area contributed by atoms with Crippen LogP contribution in [0.1, 0.15) is 0 Å². The molecule has 0 saturated carbocycles. The summed E-state index contributed by atoms with van der Waals surface area (Å²) in [6, 6.07) is 1.74. The monoisotopic (exact) mass is 204 g/mol. The Morgan fingerprint density at radius 1 is 1.27 bits per heavy atom. The van der Waals surface area contributed by atoms with Crippen LogP contribution in [-0.2, 0) is 0 Å². The lowest BCUT2D eigenvalue weighted by molar-refractivity contribution is 0.565. The molecule has 3 aromatic heterocycles. The minimum absolute atomic E-state index is 0.152. The summed E-state index contributed by atoms with van der Waals surface area (Å²) >= 11 is 0. The van der Waals surface area contributed by atoms with Gasteiger partial charge in [-0.1, -0.05) is 0 Å². The molecule has 0 radical (unpaired) electrons. The minimum atomic E-state index is -0.623. The van der Waals surface area contributed by atoms with Gasteiger partial charge in [0.15, 0.2) is 11.2 Å². The fourth-order valence-corrected chi connectivity index (χ4v) is 1.39. The van der Waals surface area contributed by atoms with Crippen molar-refractivity contribution in [2.75, 3.05) is 0 Å². The van der Waals surface area contributed by atoms with E-state index in [4.69, 9.17) is 4.42 Å². The van der Waals surface area contributed by atoms with Gasteiger partial charge in [0.25, 0.3) is 0 Å². The van der Waals surface area contributed by atoms with Crippen LogP contribution in [-0.4, -0.2) is 19.5 Å². The number of imidazole rings is 1. The molecule has 0 atom stereocenters. The molecule has 3 rings (SSSR count). The van der Waals surface area contributed by atoms with E-state index in [9.17, 15) is 4.39 Å². The Morgan fingerprint density at radius 2 is 2.20 bits per heavy atom. The molecule has 15 heavy (non-hydrogen) atoms. The third-order valence-corrected chi connectivity index (χ3v) is 2.07. The zero-order chi connectivity index (χ0) is 10.3. The summed E-state index contributed by atoms with van der Waals surface area (Å²) in [5.74, 6) is -0.623. The molecule has 0 N–H and O–H groups in total. The van der Waals surface area contributed by atoms with Crippen molar-refractivity contribution in [2.24, 2.45) is 0 Å². The van der Waals surface area contributed by atoms with E-state index in [0.717, 1.165) is 12.0 Å². The fourth-order valence-electron chi connectivity index (χ4n) is 1.39. The van der Waals surface area contributed by atoms with E-state index in [1.165, 1.54) is 18.9 Å². The van der Waals surface area contributed by atoms with Gasteiger partial charge in [0.1, 0.15) is 18.9 Å². The van der Waals surface area contributed by atoms with Gasteiger partial charge < -0.3 is 4.42 Å². The summed E-state index contributed by atoms with van der Waals surface area (Å²) in [7, 11) is 0. The van der Waals surface area contributed by atoms with Crippen molar-refractivity contribution in [1.29, 1.82) is 0 Å². The van der Waals surface area contributed by atoms with Gasteiger partial charge in [-0.25, -0.2) is 15.0 Å². The number of fused-ring (bicyclic) bond motifs is 1. The Hall–Kier alpha value is -2.24. The first-order valence-electron chi connectivity index (χ1n) is 4.22. The van der Waals surface area contributed by atoms with Crippen LogP contribution in [0.4, 0.5) is 4.39 Å². The number of aromatic nitrogens is 4. The molecule has 3 heterocycles. The quantitative estimate of drug-likeness (QED) is 0.564.